The molecule has 2 heterocycles. The largest absolute Gasteiger partial charge is 0.396 e. The summed E-state index contributed by atoms with van der Waals surface area (Å²) >= 11 is 0. The number of carbonyl (C=O) groups is 1. The first-order valence-corrected chi connectivity index (χ1v) is 7.98. The SMILES string of the molecule is CN1CCN(C(=O)CC2CCN(CCCO)CC2)CC1. The number of amides is 1. The zero-order valence-electron chi connectivity index (χ0n) is 12.8. The van der Waals surface area contributed by atoms with Gasteiger partial charge < -0.3 is 19.8 Å². The number of piperazine rings is 1. The van der Waals surface area contributed by atoms with Crippen LogP contribution < -0.4 is 0 Å². The molecule has 0 spiro atoms. The van der Waals surface area contributed by atoms with Crippen LogP contribution >= 0.6 is 0 Å². The van der Waals surface area contributed by atoms with Crippen LogP contribution in [0.1, 0.15) is 25.7 Å². The first kappa shape index (κ1) is 15.7. The molecule has 2 saturated heterocycles. The van der Waals surface area contributed by atoms with Crippen LogP contribution in [-0.4, -0.2) is 85.2 Å². The van der Waals surface area contributed by atoms with Gasteiger partial charge in [-0.05, 0) is 45.3 Å². The first-order valence-electron chi connectivity index (χ1n) is 7.98. The van der Waals surface area contributed by atoms with Crippen LogP contribution in [0.2, 0.25) is 0 Å². The average Bonchev–Trinajstić information content (AvgIpc) is 2.47. The summed E-state index contributed by atoms with van der Waals surface area (Å²) < 4.78 is 0. The molecule has 0 bridgehead atoms. The molecule has 2 aliphatic heterocycles. The maximum atomic E-state index is 12.3. The van der Waals surface area contributed by atoms with Crippen molar-refractivity contribution < 1.29 is 9.90 Å². The van der Waals surface area contributed by atoms with Gasteiger partial charge >= 0.3 is 0 Å². The molecule has 5 nitrogen and oxygen atoms in total. The number of likely N-dealkylation sites (N-methyl/N-ethyl adjacent to an activating group) is 1. The van der Waals surface area contributed by atoms with Crippen molar-refractivity contribution >= 4 is 5.91 Å². The second-order valence-corrected chi connectivity index (χ2v) is 6.25. The molecule has 0 radical (unpaired) electrons. The molecule has 20 heavy (non-hydrogen) atoms. The number of hydrogen-bond donors (Lipinski definition) is 1. The summed E-state index contributed by atoms with van der Waals surface area (Å²) in [4.78, 5) is 19.0. The Bertz CT molecular complexity index is 295. The number of nitrogens with zero attached hydrogens (tertiary/aromatic N) is 3. The Kier molecular flexibility index (Phi) is 6.26. The molecule has 0 aromatic carbocycles. The van der Waals surface area contributed by atoms with Crippen molar-refractivity contribution in [2.75, 3.05) is 59.5 Å². The quantitative estimate of drug-likeness (QED) is 0.785. The molecule has 2 rings (SSSR count). The van der Waals surface area contributed by atoms with Crippen LogP contribution in [0.3, 0.4) is 0 Å². The summed E-state index contributed by atoms with van der Waals surface area (Å²) in [6, 6.07) is 0. The van der Waals surface area contributed by atoms with Crippen molar-refractivity contribution in [2.45, 2.75) is 25.7 Å². The normalized spacial score (nSPS) is 23.2. The van der Waals surface area contributed by atoms with Crippen molar-refractivity contribution in [3.63, 3.8) is 0 Å². The second kappa shape index (κ2) is 7.96. The molecular formula is C15H29N3O2. The van der Waals surface area contributed by atoms with Crippen molar-refractivity contribution in [3.05, 3.63) is 0 Å². The lowest BCUT2D eigenvalue weighted by Gasteiger charge is -2.35. The van der Waals surface area contributed by atoms with E-state index in [0.717, 1.165) is 71.5 Å². The van der Waals surface area contributed by atoms with Crippen LogP contribution in [0, 0.1) is 5.92 Å². The van der Waals surface area contributed by atoms with E-state index in [1.54, 1.807) is 0 Å². The third-order valence-electron chi connectivity index (χ3n) is 4.66. The van der Waals surface area contributed by atoms with Gasteiger partial charge in [0.25, 0.3) is 0 Å². The number of hydrogen-bond acceptors (Lipinski definition) is 4. The minimum absolute atomic E-state index is 0.280. The van der Waals surface area contributed by atoms with Gasteiger partial charge in [-0.3, -0.25) is 4.79 Å². The Morgan fingerprint density at radius 2 is 1.75 bits per heavy atom. The van der Waals surface area contributed by atoms with Crippen molar-refractivity contribution in [1.82, 2.24) is 14.7 Å². The van der Waals surface area contributed by atoms with E-state index < -0.39 is 0 Å². The van der Waals surface area contributed by atoms with Gasteiger partial charge in [-0.15, -0.1) is 0 Å². The van der Waals surface area contributed by atoms with Crippen LogP contribution in [0.15, 0.2) is 0 Å². The van der Waals surface area contributed by atoms with E-state index in [1.807, 2.05) is 4.90 Å². The lowest BCUT2D eigenvalue weighted by Crippen LogP contribution is -2.47. The summed E-state index contributed by atoms with van der Waals surface area (Å²) in [7, 11) is 2.12. The van der Waals surface area contributed by atoms with E-state index >= 15 is 0 Å². The van der Waals surface area contributed by atoms with Gasteiger partial charge in [0, 0.05) is 45.8 Å². The van der Waals surface area contributed by atoms with Crippen LogP contribution in [0.25, 0.3) is 0 Å². The fraction of sp³-hybridized carbons (Fsp3) is 0.933. The standard InChI is InChI=1S/C15H29N3O2/c1-16-8-10-18(11-9-16)15(20)13-14-3-6-17(7-4-14)5-2-12-19/h14,19H,2-13H2,1H3. The summed E-state index contributed by atoms with van der Waals surface area (Å²) in [5.41, 5.74) is 0. The summed E-state index contributed by atoms with van der Waals surface area (Å²) in [6.45, 7) is 7.24. The molecule has 5 heteroatoms. The molecule has 0 atom stereocenters. The predicted octanol–water partition coefficient (Wildman–Crippen LogP) is 0.245. The Labute approximate surface area is 122 Å². The molecular weight excluding hydrogens is 254 g/mol. The fourth-order valence-corrected chi connectivity index (χ4v) is 3.14. The predicted molar refractivity (Wildman–Crippen MR) is 79.6 cm³/mol. The molecule has 0 unspecified atom stereocenters. The highest BCUT2D eigenvalue weighted by atomic mass is 16.3. The summed E-state index contributed by atoms with van der Waals surface area (Å²) in [5.74, 6) is 0.916. The zero-order chi connectivity index (χ0) is 14.4. The van der Waals surface area contributed by atoms with Crippen molar-refractivity contribution in [1.29, 1.82) is 0 Å². The van der Waals surface area contributed by atoms with E-state index in [-0.39, 0.29) is 6.61 Å². The lowest BCUT2D eigenvalue weighted by molar-refractivity contribution is -0.134. The molecule has 2 aliphatic rings. The minimum atomic E-state index is 0.280. The molecule has 1 N–H and O–H groups in total. The number of likely N-dealkylation sites (tertiary alicyclic amines) is 1. The van der Waals surface area contributed by atoms with E-state index in [1.165, 1.54) is 0 Å². The summed E-state index contributed by atoms with van der Waals surface area (Å²) in [6.07, 6.45) is 3.86. The minimum Gasteiger partial charge on any atom is -0.396 e. The van der Waals surface area contributed by atoms with E-state index in [2.05, 4.69) is 16.8 Å². The highest BCUT2D eigenvalue weighted by molar-refractivity contribution is 5.76. The van der Waals surface area contributed by atoms with Crippen LogP contribution in [0.5, 0.6) is 0 Å². The fourth-order valence-electron chi connectivity index (χ4n) is 3.14. The topological polar surface area (TPSA) is 47.0 Å². The Hall–Kier alpha value is -0.650. The molecule has 0 aromatic heterocycles. The lowest BCUT2D eigenvalue weighted by atomic mass is 9.93. The third-order valence-corrected chi connectivity index (χ3v) is 4.66. The van der Waals surface area contributed by atoms with Crippen LogP contribution in [-0.2, 0) is 4.79 Å². The highest BCUT2D eigenvalue weighted by Crippen LogP contribution is 2.21. The zero-order valence-corrected chi connectivity index (χ0v) is 12.8. The first-order chi connectivity index (χ1) is 9.69. The maximum absolute atomic E-state index is 12.3. The number of carbonyl (C=O) groups excluding carboxylic acids is 1. The van der Waals surface area contributed by atoms with Gasteiger partial charge in [0.2, 0.25) is 5.91 Å². The molecule has 0 aliphatic carbocycles. The van der Waals surface area contributed by atoms with Gasteiger partial charge in [-0.2, -0.15) is 0 Å². The smallest absolute Gasteiger partial charge is 0.222 e. The van der Waals surface area contributed by atoms with Gasteiger partial charge in [0.15, 0.2) is 0 Å². The molecule has 2 fully saturated rings. The monoisotopic (exact) mass is 283 g/mol. The molecule has 116 valence electrons. The van der Waals surface area contributed by atoms with E-state index in [0.29, 0.717) is 11.8 Å². The van der Waals surface area contributed by atoms with Crippen molar-refractivity contribution in [3.8, 4) is 0 Å². The molecule has 0 saturated carbocycles. The number of aliphatic hydroxyl groups excluding tert-OH is 1. The van der Waals surface area contributed by atoms with E-state index in [9.17, 15) is 4.79 Å². The summed E-state index contributed by atoms with van der Waals surface area (Å²) in [5, 5.41) is 8.85. The number of aliphatic hydroxyl groups is 1. The number of piperidine rings is 1. The van der Waals surface area contributed by atoms with Crippen molar-refractivity contribution in [2.24, 2.45) is 5.92 Å². The average molecular weight is 283 g/mol. The van der Waals surface area contributed by atoms with E-state index in [4.69, 9.17) is 5.11 Å². The maximum Gasteiger partial charge on any atom is 0.222 e. The Balaban J connectivity index is 1.66. The van der Waals surface area contributed by atoms with Crippen LogP contribution in [0.4, 0.5) is 0 Å². The highest BCUT2D eigenvalue weighted by Gasteiger charge is 2.25. The molecule has 1 amide bonds. The molecule has 0 aromatic rings. The third kappa shape index (κ3) is 4.72. The van der Waals surface area contributed by atoms with Gasteiger partial charge in [-0.1, -0.05) is 0 Å². The van der Waals surface area contributed by atoms with Gasteiger partial charge in [0.05, 0.1) is 0 Å². The Morgan fingerprint density at radius 1 is 1.10 bits per heavy atom. The number of rotatable bonds is 5. The Morgan fingerprint density at radius 3 is 2.35 bits per heavy atom. The second-order valence-electron chi connectivity index (χ2n) is 6.25. The van der Waals surface area contributed by atoms with Gasteiger partial charge in [-0.25, -0.2) is 0 Å². The van der Waals surface area contributed by atoms with Gasteiger partial charge in [0.1, 0.15) is 0 Å².